The van der Waals surface area contributed by atoms with Crippen LogP contribution in [-0.4, -0.2) is 23.8 Å². The number of benzene rings is 1. The highest BCUT2D eigenvalue weighted by Crippen LogP contribution is 2.19. The van der Waals surface area contributed by atoms with Crippen molar-refractivity contribution in [2.75, 3.05) is 18.8 Å². The number of likely N-dealkylation sites (tertiary alicyclic amines) is 1. The number of hydrogen-bond donors (Lipinski definition) is 1. The molecule has 86 valence electrons. The van der Waals surface area contributed by atoms with Gasteiger partial charge in [0, 0.05) is 17.8 Å². The molecule has 1 aliphatic rings. The van der Waals surface area contributed by atoms with Gasteiger partial charge in [0.2, 0.25) is 0 Å². The van der Waals surface area contributed by atoms with Crippen LogP contribution in [0.2, 0.25) is 0 Å². The molecule has 0 spiro atoms. The first-order valence-corrected chi connectivity index (χ1v) is 5.78. The molecule has 1 fully saturated rings. The minimum atomic E-state index is 0.0997. The van der Waals surface area contributed by atoms with Gasteiger partial charge in [0.1, 0.15) is 0 Å². The van der Waals surface area contributed by atoms with Gasteiger partial charge in [-0.05, 0) is 56.6 Å². The molecular formula is C13H18N2O. The summed E-state index contributed by atoms with van der Waals surface area (Å²) in [6.45, 7) is 4.74. The second kappa shape index (κ2) is 4.66. The van der Waals surface area contributed by atoms with Crippen LogP contribution >= 0.6 is 0 Å². The van der Waals surface area contributed by atoms with Crippen molar-refractivity contribution < 1.29 is 4.79 Å². The summed E-state index contributed by atoms with van der Waals surface area (Å²) in [5.74, 6) is 0.0997. The summed E-state index contributed by atoms with van der Waals surface area (Å²) in [5.41, 5.74) is 8.55. The maximum atomic E-state index is 11.3. The average Bonchev–Trinajstić information content (AvgIpc) is 2.73. The van der Waals surface area contributed by atoms with Gasteiger partial charge >= 0.3 is 0 Å². The molecule has 0 unspecified atom stereocenters. The predicted molar refractivity (Wildman–Crippen MR) is 65.4 cm³/mol. The lowest BCUT2D eigenvalue weighted by Crippen LogP contribution is -2.19. The number of rotatable bonds is 3. The molecule has 0 bridgehead atoms. The molecule has 2 N–H and O–H groups in total. The van der Waals surface area contributed by atoms with Crippen LogP contribution in [0.25, 0.3) is 0 Å². The topological polar surface area (TPSA) is 46.3 Å². The summed E-state index contributed by atoms with van der Waals surface area (Å²) in [5, 5.41) is 0. The molecule has 1 aromatic carbocycles. The van der Waals surface area contributed by atoms with Crippen molar-refractivity contribution in [1.29, 1.82) is 0 Å². The lowest BCUT2D eigenvalue weighted by atomic mass is 10.1. The van der Waals surface area contributed by atoms with E-state index >= 15 is 0 Å². The maximum Gasteiger partial charge on any atom is 0.159 e. The third kappa shape index (κ3) is 2.42. The van der Waals surface area contributed by atoms with Crippen LogP contribution in [-0.2, 0) is 6.54 Å². The van der Waals surface area contributed by atoms with Gasteiger partial charge in [0.25, 0.3) is 0 Å². The fraction of sp³-hybridized carbons (Fsp3) is 0.462. The molecular weight excluding hydrogens is 200 g/mol. The largest absolute Gasteiger partial charge is 0.398 e. The van der Waals surface area contributed by atoms with E-state index in [4.69, 9.17) is 5.73 Å². The second-order valence-corrected chi connectivity index (χ2v) is 4.45. The Morgan fingerprint density at radius 3 is 2.69 bits per heavy atom. The highest BCUT2D eigenvalue weighted by Gasteiger charge is 2.13. The summed E-state index contributed by atoms with van der Waals surface area (Å²) in [7, 11) is 0. The number of ketones is 1. The molecule has 1 aromatic rings. The lowest BCUT2D eigenvalue weighted by molar-refractivity contribution is 0.101. The maximum absolute atomic E-state index is 11.3. The quantitative estimate of drug-likeness (QED) is 0.624. The minimum Gasteiger partial charge on any atom is -0.398 e. The zero-order chi connectivity index (χ0) is 11.5. The van der Waals surface area contributed by atoms with Crippen LogP contribution in [0.15, 0.2) is 18.2 Å². The van der Waals surface area contributed by atoms with Crippen molar-refractivity contribution >= 4 is 11.5 Å². The van der Waals surface area contributed by atoms with Gasteiger partial charge < -0.3 is 5.73 Å². The number of Topliss-reactive ketones (excluding diaryl/α,β-unsaturated/α-hetero) is 1. The molecule has 1 aliphatic heterocycles. The van der Waals surface area contributed by atoms with Gasteiger partial charge in [-0.3, -0.25) is 9.69 Å². The normalized spacial score (nSPS) is 16.6. The smallest absolute Gasteiger partial charge is 0.159 e. The van der Waals surface area contributed by atoms with Crippen LogP contribution in [0, 0.1) is 0 Å². The molecule has 3 heteroatoms. The molecule has 0 aromatic heterocycles. The molecule has 16 heavy (non-hydrogen) atoms. The fourth-order valence-corrected chi connectivity index (χ4v) is 2.14. The molecule has 0 amide bonds. The lowest BCUT2D eigenvalue weighted by Gasteiger charge is -2.16. The number of carbonyl (C=O) groups is 1. The Morgan fingerprint density at radius 2 is 2.06 bits per heavy atom. The molecule has 0 aliphatic carbocycles. The molecule has 0 radical (unpaired) electrons. The SMILES string of the molecule is CC(=O)c1ccc(N)c(CN2CCCC2)c1. The Bertz CT molecular complexity index is 395. The van der Waals surface area contributed by atoms with E-state index in [1.54, 1.807) is 13.0 Å². The second-order valence-electron chi connectivity index (χ2n) is 4.45. The van der Waals surface area contributed by atoms with Crippen molar-refractivity contribution in [3.05, 3.63) is 29.3 Å². The zero-order valence-electron chi connectivity index (χ0n) is 9.70. The molecule has 1 saturated heterocycles. The first-order chi connectivity index (χ1) is 7.66. The Balaban J connectivity index is 2.17. The Labute approximate surface area is 96.2 Å². The van der Waals surface area contributed by atoms with E-state index < -0.39 is 0 Å². The van der Waals surface area contributed by atoms with Crippen molar-refractivity contribution in [3.63, 3.8) is 0 Å². The number of hydrogen-bond acceptors (Lipinski definition) is 3. The zero-order valence-corrected chi connectivity index (χ0v) is 9.70. The van der Waals surface area contributed by atoms with Crippen LogP contribution in [0.5, 0.6) is 0 Å². The first-order valence-electron chi connectivity index (χ1n) is 5.78. The van der Waals surface area contributed by atoms with Crippen molar-refractivity contribution in [3.8, 4) is 0 Å². The average molecular weight is 218 g/mol. The Hall–Kier alpha value is -1.35. The van der Waals surface area contributed by atoms with Crippen LogP contribution in [0.4, 0.5) is 5.69 Å². The van der Waals surface area contributed by atoms with Crippen molar-refractivity contribution in [2.45, 2.75) is 26.3 Å². The van der Waals surface area contributed by atoms with E-state index in [1.165, 1.54) is 12.8 Å². The molecule has 0 saturated carbocycles. The Kier molecular flexibility index (Phi) is 3.25. The Morgan fingerprint density at radius 1 is 1.38 bits per heavy atom. The van der Waals surface area contributed by atoms with Gasteiger partial charge in [-0.2, -0.15) is 0 Å². The number of nitrogen functional groups attached to an aromatic ring is 1. The van der Waals surface area contributed by atoms with E-state index in [1.807, 2.05) is 12.1 Å². The number of carbonyl (C=O) groups excluding carboxylic acids is 1. The highest BCUT2D eigenvalue weighted by atomic mass is 16.1. The summed E-state index contributed by atoms with van der Waals surface area (Å²) in [6, 6.07) is 5.56. The van der Waals surface area contributed by atoms with Gasteiger partial charge in [-0.25, -0.2) is 0 Å². The van der Waals surface area contributed by atoms with Crippen LogP contribution < -0.4 is 5.73 Å². The monoisotopic (exact) mass is 218 g/mol. The predicted octanol–water partition coefficient (Wildman–Crippen LogP) is 2.07. The van der Waals surface area contributed by atoms with Gasteiger partial charge in [-0.1, -0.05) is 0 Å². The summed E-state index contributed by atoms with van der Waals surface area (Å²) in [4.78, 5) is 13.7. The number of anilines is 1. The third-order valence-electron chi connectivity index (χ3n) is 3.14. The van der Waals surface area contributed by atoms with Gasteiger partial charge in [-0.15, -0.1) is 0 Å². The first kappa shape index (κ1) is 11.1. The van der Waals surface area contributed by atoms with E-state index in [-0.39, 0.29) is 5.78 Å². The standard InChI is InChI=1S/C13H18N2O/c1-10(16)11-4-5-13(14)12(8-11)9-15-6-2-3-7-15/h4-5,8H,2-3,6-7,9,14H2,1H3. The number of nitrogens with zero attached hydrogens (tertiary/aromatic N) is 1. The highest BCUT2D eigenvalue weighted by molar-refractivity contribution is 5.94. The van der Waals surface area contributed by atoms with E-state index in [9.17, 15) is 4.79 Å². The van der Waals surface area contributed by atoms with Crippen molar-refractivity contribution in [1.82, 2.24) is 4.90 Å². The van der Waals surface area contributed by atoms with Crippen molar-refractivity contribution in [2.24, 2.45) is 0 Å². The van der Waals surface area contributed by atoms with E-state index in [2.05, 4.69) is 4.90 Å². The van der Waals surface area contributed by atoms with Crippen LogP contribution in [0.1, 0.15) is 35.7 Å². The molecule has 3 nitrogen and oxygen atoms in total. The number of nitrogens with two attached hydrogens (primary N) is 1. The van der Waals surface area contributed by atoms with Gasteiger partial charge in [0.15, 0.2) is 5.78 Å². The summed E-state index contributed by atoms with van der Waals surface area (Å²) < 4.78 is 0. The third-order valence-corrected chi connectivity index (χ3v) is 3.14. The summed E-state index contributed by atoms with van der Waals surface area (Å²) >= 11 is 0. The molecule has 0 atom stereocenters. The fourth-order valence-electron chi connectivity index (χ4n) is 2.14. The van der Waals surface area contributed by atoms with Crippen LogP contribution in [0.3, 0.4) is 0 Å². The summed E-state index contributed by atoms with van der Waals surface area (Å²) in [6.07, 6.45) is 2.54. The van der Waals surface area contributed by atoms with E-state index in [0.717, 1.165) is 36.4 Å². The molecule has 2 rings (SSSR count). The minimum absolute atomic E-state index is 0.0997. The molecule has 1 heterocycles. The van der Waals surface area contributed by atoms with E-state index in [0.29, 0.717) is 0 Å². The van der Waals surface area contributed by atoms with Gasteiger partial charge in [0.05, 0.1) is 0 Å².